The van der Waals surface area contributed by atoms with Crippen LogP contribution >= 0.6 is 0 Å². The number of fused-ring (bicyclic) bond motifs is 1. The van der Waals surface area contributed by atoms with Crippen LogP contribution in [0.5, 0.6) is 5.75 Å². The molecule has 1 aromatic rings. The van der Waals surface area contributed by atoms with E-state index in [1.54, 1.807) is 6.07 Å². The molecule has 0 unspecified atom stereocenters. The van der Waals surface area contributed by atoms with E-state index < -0.39 is 4.92 Å². The zero-order valence-corrected chi connectivity index (χ0v) is 11.7. The van der Waals surface area contributed by atoms with Crippen LogP contribution in [0, 0.1) is 16.0 Å². The quantitative estimate of drug-likeness (QED) is 0.664. The van der Waals surface area contributed by atoms with Crippen molar-refractivity contribution in [1.82, 2.24) is 10.2 Å². The van der Waals surface area contributed by atoms with Crippen molar-refractivity contribution in [3.8, 4) is 5.75 Å². The maximum Gasteiger partial charge on any atom is 0.311 e. The fourth-order valence-electron chi connectivity index (χ4n) is 3.23. The number of nitrogens with one attached hydrogen (secondary N) is 1. The van der Waals surface area contributed by atoms with Gasteiger partial charge >= 0.3 is 5.69 Å². The average molecular weight is 291 g/mol. The molecular formula is C14H17N3O4. The molecule has 2 fully saturated rings. The Morgan fingerprint density at radius 1 is 1.48 bits per heavy atom. The van der Waals surface area contributed by atoms with Crippen LogP contribution < -0.4 is 10.1 Å². The van der Waals surface area contributed by atoms with Crippen molar-refractivity contribution in [3.05, 3.63) is 33.9 Å². The number of carbonyl (C=O) groups is 1. The number of nitrogens with zero attached hydrogens (tertiary/aromatic N) is 2. The van der Waals surface area contributed by atoms with E-state index in [4.69, 9.17) is 4.74 Å². The summed E-state index contributed by atoms with van der Waals surface area (Å²) in [5.41, 5.74) is 0.165. The monoisotopic (exact) mass is 291 g/mol. The number of benzene rings is 1. The van der Waals surface area contributed by atoms with Crippen molar-refractivity contribution in [2.75, 3.05) is 26.7 Å². The molecule has 2 aliphatic rings. The van der Waals surface area contributed by atoms with Gasteiger partial charge in [-0.05, 0) is 24.5 Å². The van der Waals surface area contributed by atoms with E-state index in [0.29, 0.717) is 11.5 Å². The number of carbonyl (C=O) groups excluding carboxylic acids is 1. The van der Waals surface area contributed by atoms with E-state index in [-0.39, 0.29) is 23.4 Å². The van der Waals surface area contributed by atoms with E-state index in [1.165, 1.54) is 19.2 Å². The Labute approximate surface area is 122 Å². The summed E-state index contributed by atoms with van der Waals surface area (Å²) >= 11 is 0. The molecule has 7 heteroatoms. The molecule has 2 saturated heterocycles. The van der Waals surface area contributed by atoms with E-state index in [1.807, 2.05) is 4.90 Å². The molecule has 0 aromatic heterocycles. The molecule has 2 atom stereocenters. The van der Waals surface area contributed by atoms with Gasteiger partial charge in [0, 0.05) is 37.3 Å². The number of hydrogen-bond acceptors (Lipinski definition) is 5. The number of methoxy groups -OCH3 is 1. The highest BCUT2D eigenvalue weighted by Gasteiger charge is 2.40. The highest BCUT2D eigenvalue weighted by Crippen LogP contribution is 2.31. The van der Waals surface area contributed by atoms with Crippen LogP contribution in [0.25, 0.3) is 0 Å². The van der Waals surface area contributed by atoms with Crippen molar-refractivity contribution >= 4 is 11.6 Å². The van der Waals surface area contributed by atoms with Crippen LogP contribution in [0.4, 0.5) is 5.69 Å². The molecule has 1 amide bonds. The molecule has 0 aliphatic carbocycles. The van der Waals surface area contributed by atoms with Gasteiger partial charge in [-0.3, -0.25) is 14.9 Å². The Morgan fingerprint density at radius 2 is 2.29 bits per heavy atom. The molecule has 2 heterocycles. The standard InChI is InChI=1S/C14H17N3O4/c1-21-13-3-2-9(6-11(13)17(19)20)14(18)16-5-4-10-7-15-8-12(10)16/h2-3,6,10,12,15H,4-5,7-8H2,1H3/t10-,12+/m0/s1. The Hall–Kier alpha value is -2.15. The molecule has 21 heavy (non-hydrogen) atoms. The van der Waals surface area contributed by atoms with Crippen molar-refractivity contribution in [1.29, 1.82) is 0 Å². The lowest BCUT2D eigenvalue weighted by molar-refractivity contribution is -0.385. The Morgan fingerprint density at radius 3 is 3.00 bits per heavy atom. The SMILES string of the molecule is COc1ccc(C(=O)N2CC[C@H]3CNC[C@H]32)cc1[N+](=O)[O-]. The summed E-state index contributed by atoms with van der Waals surface area (Å²) < 4.78 is 4.96. The number of nitro benzene ring substituents is 1. The Kier molecular flexibility index (Phi) is 3.50. The zero-order chi connectivity index (χ0) is 15.0. The van der Waals surface area contributed by atoms with E-state index >= 15 is 0 Å². The van der Waals surface area contributed by atoms with Crippen molar-refractivity contribution < 1.29 is 14.5 Å². The van der Waals surface area contributed by atoms with Gasteiger partial charge in [0.15, 0.2) is 5.75 Å². The lowest BCUT2D eigenvalue weighted by Gasteiger charge is -2.23. The first kappa shape index (κ1) is 13.8. The summed E-state index contributed by atoms with van der Waals surface area (Å²) in [6.45, 7) is 2.46. The first-order valence-electron chi connectivity index (χ1n) is 6.96. The average Bonchev–Trinajstić information content (AvgIpc) is 3.08. The molecule has 1 aromatic carbocycles. The van der Waals surface area contributed by atoms with Gasteiger partial charge in [0.2, 0.25) is 0 Å². The minimum atomic E-state index is -0.528. The summed E-state index contributed by atoms with van der Waals surface area (Å²) in [7, 11) is 1.37. The largest absolute Gasteiger partial charge is 0.490 e. The van der Waals surface area contributed by atoms with Crippen LogP contribution in [0.3, 0.4) is 0 Å². The van der Waals surface area contributed by atoms with Gasteiger partial charge in [-0.1, -0.05) is 0 Å². The third-order valence-electron chi connectivity index (χ3n) is 4.33. The lowest BCUT2D eigenvalue weighted by atomic mass is 10.0. The molecule has 3 rings (SSSR count). The second-order valence-corrected chi connectivity index (χ2v) is 5.42. The van der Waals surface area contributed by atoms with Gasteiger partial charge in [0.25, 0.3) is 5.91 Å². The number of ether oxygens (including phenoxy) is 1. The number of amides is 1. The first-order valence-corrected chi connectivity index (χ1v) is 6.96. The van der Waals surface area contributed by atoms with E-state index in [0.717, 1.165) is 26.1 Å². The maximum atomic E-state index is 12.6. The van der Waals surface area contributed by atoms with Gasteiger partial charge in [0.1, 0.15) is 0 Å². The summed E-state index contributed by atoms with van der Waals surface area (Å²) in [5, 5.41) is 14.3. The Bertz CT molecular complexity index is 590. The third kappa shape index (κ3) is 2.33. The molecule has 0 saturated carbocycles. The van der Waals surface area contributed by atoms with E-state index in [9.17, 15) is 14.9 Å². The van der Waals surface area contributed by atoms with Gasteiger partial charge < -0.3 is 15.0 Å². The summed E-state index contributed by atoms with van der Waals surface area (Å²) in [6, 6.07) is 4.57. The highest BCUT2D eigenvalue weighted by molar-refractivity contribution is 5.95. The Balaban J connectivity index is 1.88. The smallest absolute Gasteiger partial charge is 0.311 e. The zero-order valence-electron chi connectivity index (χ0n) is 11.7. The molecule has 0 radical (unpaired) electrons. The van der Waals surface area contributed by atoms with Gasteiger partial charge in [-0.25, -0.2) is 0 Å². The van der Waals surface area contributed by atoms with Crippen molar-refractivity contribution in [3.63, 3.8) is 0 Å². The van der Waals surface area contributed by atoms with Gasteiger partial charge in [-0.2, -0.15) is 0 Å². The summed E-state index contributed by atoms with van der Waals surface area (Å²) in [4.78, 5) is 25.0. The minimum absolute atomic E-state index is 0.142. The van der Waals surface area contributed by atoms with Crippen LogP contribution in [-0.2, 0) is 0 Å². The summed E-state index contributed by atoms with van der Waals surface area (Å²) in [5.74, 6) is 0.525. The number of likely N-dealkylation sites (tertiary alicyclic amines) is 1. The highest BCUT2D eigenvalue weighted by atomic mass is 16.6. The fraction of sp³-hybridized carbons (Fsp3) is 0.500. The number of hydrogen-bond donors (Lipinski definition) is 1. The van der Waals surface area contributed by atoms with Crippen LogP contribution in [0.15, 0.2) is 18.2 Å². The molecular weight excluding hydrogens is 274 g/mol. The predicted octanol–water partition coefficient (Wildman–Crippen LogP) is 1.04. The molecule has 1 N–H and O–H groups in total. The summed E-state index contributed by atoms with van der Waals surface area (Å²) in [6.07, 6.45) is 0.988. The predicted molar refractivity (Wildman–Crippen MR) is 75.4 cm³/mol. The second-order valence-electron chi connectivity index (χ2n) is 5.42. The third-order valence-corrected chi connectivity index (χ3v) is 4.33. The van der Waals surface area contributed by atoms with Crippen LogP contribution in [0.2, 0.25) is 0 Å². The molecule has 7 nitrogen and oxygen atoms in total. The normalized spacial score (nSPS) is 24.0. The molecule has 112 valence electrons. The molecule has 2 aliphatic heterocycles. The number of rotatable bonds is 3. The van der Waals surface area contributed by atoms with Crippen molar-refractivity contribution in [2.24, 2.45) is 5.92 Å². The second kappa shape index (κ2) is 5.33. The maximum absolute atomic E-state index is 12.6. The molecule has 0 spiro atoms. The first-order chi connectivity index (χ1) is 10.1. The van der Waals surface area contributed by atoms with Crippen LogP contribution in [-0.4, -0.2) is 48.5 Å². The lowest BCUT2D eigenvalue weighted by Crippen LogP contribution is -2.39. The topological polar surface area (TPSA) is 84.7 Å². The number of nitro groups is 1. The van der Waals surface area contributed by atoms with Gasteiger partial charge in [0.05, 0.1) is 12.0 Å². The van der Waals surface area contributed by atoms with Crippen LogP contribution in [0.1, 0.15) is 16.8 Å². The van der Waals surface area contributed by atoms with Crippen molar-refractivity contribution in [2.45, 2.75) is 12.5 Å². The van der Waals surface area contributed by atoms with Gasteiger partial charge in [-0.15, -0.1) is 0 Å². The molecule has 0 bridgehead atoms. The fourth-order valence-corrected chi connectivity index (χ4v) is 3.23. The van der Waals surface area contributed by atoms with E-state index in [2.05, 4.69) is 5.32 Å². The minimum Gasteiger partial charge on any atom is -0.490 e.